The largest absolute Gasteiger partial charge is 0.507 e. The van der Waals surface area contributed by atoms with Crippen molar-refractivity contribution >= 4 is 40.2 Å². The van der Waals surface area contributed by atoms with Gasteiger partial charge in [0.25, 0.3) is 0 Å². The number of carbonyl (C=O) groups excluding carboxylic acids is 2. The highest BCUT2D eigenvalue weighted by atomic mass is 79.9. The summed E-state index contributed by atoms with van der Waals surface area (Å²) >= 11 is 0. The van der Waals surface area contributed by atoms with Crippen molar-refractivity contribution in [2.45, 2.75) is 85.0 Å². The van der Waals surface area contributed by atoms with Crippen molar-refractivity contribution in [3.63, 3.8) is 0 Å². The van der Waals surface area contributed by atoms with Crippen molar-refractivity contribution in [3.05, 3.63) is 58.7 Å². The number of nitrogens with one attached hydrogen (secondary N) is 2. The topological polar surface area (TPSA) is 93.5 Å². The molecular formula is C31H44BrN3O3. The van der Waals surface area contributed by atoms with Crippen LogP contribution in [-0.2, 0) is 15.6 Å². The highest BCUT2D eigenvalue weighted by molar-refractivity contribution is 8.93. The fraction of sp³-hybridized carbons (Fsp3) is 0.516. The molecule has 3 N–H and O–H groups in total. The van der Waals surface area contributed by atoms with Gasteiger partial charge >= 0.3 is 0 Å². The van der Waals surface area contributed by atoms with Gasteiger partial charge in [-0.3, -0.25) is 15.0 Å². The van der Waals surface area contributed by atoms with Gasteiger partial charge in [-0.1, -0.05) is 73.1 Å². The number of likely N-dealkylation sites (tertiary alicyclic amines) is 1. The molecule has 2 aromatic rings. The fourth-order valence-corrected chi connectivity index (χ4v) is 5.36. The summed E-state index contributed by atoms with van der Waals surface area (Å²) in [6, 6.07) is 11.3. The Morgan fingerprint density at radius 1 is 1.05 bits per heavy atom. The summed E-state index contributed by atoms with van der Waals surface area (Å²) in [4.78, 5) is 27.4. The zero-order valence-corrected chi connectivity index (χ0v) is 25.8. The number of ketones is 1. The minimum Gasteiger partial charge on any atom is -0.507 e. The minimum absolute atomic E-state index is 0. The molecule has 1 heterocycles. The van der Waals surface area contributed by atoms with Gasteiger partial charge in [0.1, 0.15) is 11.6 Å². The number of amidine groups is 1. The van der Waals surface area contributed by atoms with Gasteiger partial charge in [0.2, 0.25) is 5.91 Å². The predicted octanol–water partition coefficient (Wildman–Crippen LogP) is 7.20. The van der Waals surface area contributed by atoms with E-state index in [-0.39, 0.29) is 63.6 Å². The summed E-state index contributed by atoms with van der Waals surface area (Å²) in [6.07, 6.45) is 1.90. The first kappa shape index (κ1) is 31.5. The van der Waals surface area contributed by atoms with Crippen LogP contribution in [0.1, 0.15) is 101 Å². The predicted molar refractivity (Wildman–Crippen MR) is 161 cm³/mol. The van der Waals surface area contributed by atoms with Crippen LogP contribution >= 0.6 is 17.0 Å². The van der Waals surface area contributed by atoms with Crippen molar-refractivity contribution in [2.75, 3.05) is 18.4 Å². The third-order valence-electron chi connectivity index (χ3n) is 7.21. The van der Waals surface area contributed by atoms with E-state index in [4.69, 9.17) is 5.41 Å². The number of aromatic hydroxyl groups is 1. The number of carbonyl (C=O) groups is 2. The van der Waals surface area contributed by atoms with E-state index in [1.54, 1.807) is 0 Å². The number of rotatable bonds is 7. The first-order valence-electron chi connectivity index (χ1n) is 13.3. The molecule has 0 bridgehead atoms. The number of phenols is 1. The summed E-state index contributed by atoms with van der Waals surface area (Å²) in [5.41, 5.74) is 3.07. The Morgan fingerprint density at radius 2 is 1.61 bits per heavy atom. The lowest BCUT2D eigenvalue weighted by molar-refractivity contribution is -0.114. The molecule has 0 aliphatic carbocycles. The number of phenolic OH excluding ortho intramolecular Hbond substituents is 1. The molecular weight excluding hydrogens is 542 g/mol. The van der Waals surface area contributed by atoms with Gasteiger partial charge in [0, 0.05) is 41.8 Å². The molecule has 0 saturated carbocycles. The summed E-state index contributed by atoms with van der Waals surface area (Å²) in [7, 11) is 0. The molecule has 1 aliphatic rings. The first-order chi connectivity index (χ1) is 17.1. The van der Waals surface area contributed by atoms with Gasteiger partial charge in [-0.15, -0.1) is 17.0 Å². The second-order valence-electron chi connectivity index (χ2n) is 12.4. The van der Waals surface area contributed by atoms with Crippen LogP contribution in [0.5, 0.6) is 5.75 Å². The fourth-order valence-electron chi connectivity index (χ4n) is 5.36. The van der Waals surface area contributed by atoms with Crippen molar-refractivity contribution in [1.82, 2.24) is 4.90 Å². The normalized spacial score (nSPS) is 17.8. The Balaban J connectivity index is 0.00000507. The van der Waals surface area contributed by atoms with Crippen LogP contribution in [0.4, 0.5) is 5.69 Å². The lowest BCUT2D eigenvalue weighted by atomic mass is 9.78. The molecule has 6 nitrogen and oxygen atoms in total. The van der Waals surface area contributed by atoms with Crippen LogP contribution in [0.2, 0.25) is 0 Å². The molecule has 0 spiro atoms. The summed E-state index contributed by atoms with van der Waals surface area (Å²) < 4.78 is 0. The molecule has 3 rings (SSSR count). The molecule has 0 unspecified atom stereocenters. The molecule has 2 atom stereocenters. The first-order valence-corrected chi connectivity index (χ1v) is 13.3. The highest BCUT2D eigenvalue weighted by Crippen LogP contribution is 2.42. The van der Waals surface area contributed by atoms with E-state index in [1.165, 1.54) is 6.92 Å². The van der Waals surface area contributed by atoms with Crippen LogP contribution in [-0.4, -0.2) is 40.6 Å². The number of benzene rings is 2. The average molecular weight is 587 g/mol. The van der Waals surface area contributed by atoms with Crippen LogP contribution < -0.4 is 5.32 Å². The number of nitrogens with zero attached hydrogens (tertiary/aromatic N) is 1. The summed E-state index contributed by atoms with van der Waals surface area (Å²) in [5.74, 6) is 0.444. The summed E-state index contributed by atoms with van der Waals surface area (Å²) in [6.45, 7) is 16.5. The highest BCUT2D eigenvalue weighted by Gasteiger charge is 2.40. The van der Waals surface area contributed by atoms with Gasteiger partial charge < -0.3 is 15.3 Å². The van der Waals surface area contributed by atoms with Gasteiger partial charge in [-0.05, 0) is 46.9 Å². The number of hydrogen-bond acceptors (Lipinski definition) is 4. The van der Waals surface area contributed by atoms with Crippen LogP contribution in [0.3, 0.4) is 0 Å². The van der Waals surface area contributed by atoms with E-state index in [2.05, 4.69) is 12.2 Å². The van der Waals surface area contributed by atoms with Gasteiger partial charge in [0.05, 0.1) is 6.54 Å². The van der Waals surface area contributed by atoms with E-state index >= 15 is 0 Å². The Labute approximate surface area is 238 Å². The maximum Gasteiger partial charge on any atom is 0.221 e. The molecule has 38 heavy (non-hydrogen) atoms. The number of para-hydroxylation sites is 1. The van der Waals surface area contributed by atoms with Gasteiger partial charge in [-0.25, -0.2) is 0 Å². The number of Topliss-reactive ketones (excluding diaryl/α,β-unsaturated/α-hetero) is 1. The van der Waals surface area contributed by atoms with E-state index in [0.29, 0.717) is 17.9 Å². The maximum atomic E-state index is 13.7. The van der Waals surface area contributed by atoms with E-state index in [1.807, 2.05) is 82.8 Å². The SMILES string of the molecule is Br.CCC[C@H]1CN(CC(=O)c2cc(C(C)(C)C)c(O)c(C(C)(C)C)c2)C(=N)[C@@H]1c1ccccc1NC(C)=O. The van der Waals surface area contributed by atoms with Crippen LogP contribution in [0.15, 0.2) is 36.4 Å². The zero-order chi connectivity index (χ0) is 27.7. The molecule has 208 valence electrons. The van der Waals surface area contributed by atoms with E-state index in [9.17, 15) is 14.7 Å². The average Bonchev–Trinajstić information content (AvgIpc) is 3.07. The Kier molecular flexibility index (Phi) is 9.98. The monoisotopic (exact) mass is 585 g/mol. The van der Waals surface area contributed by atoms with Gasteiger partial charge in [-0.2, -0.15) is 0 Å². The molecule has 1 fully saturated rings. The number of halogens is 1. The second kappa shape index (κ2) is 12.0. The van der Waals surface area contributed by atoms with E-state index < -0.39 is 0 Å². The quantitative estimate of drug-likeness (QED) is 0.299. The zero-order valence-electron chi connectivity index (χ0n) is 24.1. The minimum atomic E-state index is -0.328. The van der Waals surface area contributed by atoms with Crippen LogP contribution in [0.25, 0.3) is 0 Å². The lowest BCUT2D eigenvalue weighted by Gasteiger charge is -2.28. The Bertz CT molecular complexity index is 1160. The number of amides is 1. The molecule has 0 radical (unpaired) electrons. The molecule has 7 heteroatoms. The molecule has 1 aliphatic heterocycles. The van der Waals surface area contributed by atoms with Crippen molar-refractivity contribution < 1.29 is 14.7 Å². The lowest BCUT2D eigenvalue weighted by Crippen LogP contribution is -2.32. The number of anilines is 1. The summed E-state index contributed by atoms with van der Waals surface area (Å²) in [5, 5.41) is 23.0. The molecule has 1 amide bonds. The molecule has 2 aromatic carbocycles. The van der Waals surface area contributed by atoms with Gasteiger partial charge in [0.15, 0.2) is 5.78 Å². The van der Waals surface area contributed by atoms with Crippen LogP contribution in [0, 0.1) is 11.3 Å². The standard InChI is InChI=1S/C31H43N3O3.BrH/c1-9-12-20-17-34(29(32)27(20)22-13-10-11-14-25(22)33-19(2)35)18-26(36)21-15-23(30(3,4)5)28(37)24(16-21)31(6,7)8;/h10-11,13-16,20,27,32,37H,9,12,17-18H2,1-8H3,(H,33,35);1H/t20-,27-;/m0./s1. The molecule has 1 saturated heterocycles. The van der Waals surface area contributed by atoms with E-state index in [0.717, 1.165) is 35.2 Å². The number of hydrogen-bond donors (Lipinski definition) is 3. The smallest absolute Gasteiger partial charge is 0.221 e. The molecule has 0 aromatic heterocycles. The third kappa shape index (κ3) is 6.85. The van der Waals surface area contributed by atoms with Crippen molar-refractivity contribution in [3.8, 4) is 5.75 Å². The Hall–Kier alpha value is -2.67. The van der Waals surface area contributed by atoms with Crippen molar-refractivity contribution in [1.29, 1.82) is 5.41 Å². The third-order valence-corrected chi connectivity index (χ3v) is 7.21. The Morgan fingerprint density at radius 3 is 2.11 bits per heavy atom. The van der Waals surface area contributed by atoms with Crippen molar-refractivity contribution in [2.24, 2.45) is 5.92 Å². The second-order valence-corrected chi connectivity index (χ2v) is 12.4. The maximum absolute atomic E-state index is 13.7.